The lowest BCUT2D eigenvalue weighted by Crippen LogP contribution is -2.13. The molecule has 1 aromatic carbocycles. The lowest BCUT2D eigenvalue weighted by molar-refractivity contribution is 0.0526. The molecule has 0 spiro atoms. The minimum Gasteiger partial charge on any atom is -0.461 e. The molecule has 1 heterocycles. The Labute approximate surface area is 130 Å². The van der Waals surface area contributed by atoms with E-state index in [0.29, 0.717) is 0 Å². The van der Waals surface area contributed by atoms with Crippen LogP contribution >= 0.6 is 23.1 Å². The Morgan fingerprint density at radius 1 is 1.38 bits per heavy atom. The average molecular weight is 322 g/mol. The van der Waals surface area contributed by atoms with Crippen LogP contribution in [0.25, 0.3) is 0 Å². The summed E-state index contributed by atoms with van der Waals surface area (Å²) in [6.07, 6.45) is 1.94. The maximum absolute atomic E-state index is 12.1. The predicted molar refractivity (Wildman–Crippen MR) is 84.2 cm³/mol. The number of rotatable bonds is 5. The zero-order chi connectivity index (χ0) is 15.2. The monoisotopic (exact) mass is 322 g/mol. The first-order valence-electron chi connectivity index (χ1n) is 6.22. The number of amides is 1. The summed E-state index contributed by atoms with van der Waals surface area (Å²) in [5.41, 5.74) is 0.930. The highest BCUT2D eigenvalue weighted by Gasteiger charge is 2.17. The summed E-state index contributed by atoms with van der Waals surface area (Å²) < 4.78 is 4.85. The third-order valence-corrected chi connectivity index (χ3v) is 4.16. The fourth-order valence-electron chi connectivity index (χ4n) is 1.60. The van der Waals surface area contributed by atoms with E-state index < -0.39 is 5.97 Å². The first-order valence-corrected chi connectivity index (χ1v) is 8.33. The van der Waals surface area contributed by atoms with Gasteiger partial charge in [-0.15, -0.1) is 23.1 Å². The number of nitrogens with one attached hydrogen (secondary N) is 1. The number of anilines is 1. The smallest absolute Gasteiger partial charge is 0.367 e. The Hall–Kier alpha value is -1.86. The van der Waals surface area contributed by atoms with Crippen molar-refractivity contribution in [3.63, 3.8) is 0 Å². The van der Waals surface area contributed by atoms with E-state index in [1.807, 2.05) is 30.5 Å². The zero-order valence-corrected chi connectivity index (χ0v) is 13.2. The number of benzene rings is 1. The van der Waals surface area contributed by atoms with Crippen LogP contribution in [0.1, 0.15) is 27.2 Å². The molecule has 0 bridgehead atoms. The molecule has 0 aliphatic heterocycles. The van der Waals surface area contributed by atoms with E-state index in [1.165, 1.54) is 0 Å². The highest BCUT2D eigenvalue weighted by atomic mass is 32.2. The van der Waals surface area contributed by atoms with Crippen LogP contribution in [0.15, 0.2) is 34.5 Å². The molecule has 110 valence electrons. The molecule has 0 unspecified atom stereocenters. The van der Waals surface area contributed by atoms with Gasteiger partial charge < -0.3 is 10.1 Å². The fourth-order valence-corrected chi connectivity index (χ4v) is 2.84. The van der Waals surface area contributed by atoms with Crippen molar-refractivity contribution in [2.24, 2.45) is 0 Å². The number of nitrogens with zero attached hydrogens (tertiary/aromatic N) is 1. The highest BCUT2D eigenvalue weighted by molar-refractivity contribution is 7.98. The first kappa shape index (κ1) is 15.5. The van der Waals surface area contributed by atoms with Gasteiger partial charge in [0, 0.05) is 10.3 Å². The average Bonchev–Trinajstić information content (AvgIpc) is 2.98. The number of hydrogen-bond acceptors (Lipinski definition) is 6. The Balaban J connectivity index is 2.12. The van der Waals surface area contributed by atoms with Crippen LogP contribution in [-0.4, -0.2) is 29.7 Å². The molecule has 0 aliphatic rings. The van der Waals surface area contributed by atoms with Gasteiger partial charge in [0.25, 0.3) is 5.91 Å². The van der Waals surface area contributed by atoms with Crippen molar-refractivity contribution in [1.82, 2.24) is 4.98 Å². The summed E-state index contributed by atoms with van der Waals surface area (Å²) in [6.45, 7) is 2.00. The number of ether oxygens (including phenoxy) is 1. The van der Waals surface area contributed by atoms with Crippen molar-refractivity contribution in [2.45, 2.75) is 11.8 Å². The second-order valence-electron chi connectivity index (χ2n) is 3.91. The number of thioether (sulfide) groups is 1. The minimum atomic E-state index is -0.508. The van der Waals surface area contributed by atoms with E-state index in [9.17, 15) is 9.59 Å². The molecule has 7 heteroatoms. The molecule has 2 rings (SSSR count). The summed E-state index contributed by atoms with van der Waals surface area (Å²) in [5.74, 6) is -0.852. The standard InChI is InChI=1S/C14H14N2O3S2/c1-3-19-14(18)13-16-10(8-21-13)12(17)15-9-6-4-5-7-11(9)20-2/h4-8H,3H2,1-2H3,(H,15,17). The molecule has 5 nitrogen and oxygen atoms in total. The molecular weight excluding hydrogens is 308 g/mol. The van der Waals surface area contributed by atoms with Crippen LogP contribution in [0, 0.1) is 0 Å². The lowest BCUT2D eigenvalue weighted by atomic mass is 10.3. The number of para-hydroxylation sites is 1. The molecule has 0 radical (unpaired) electrons. The van der Waals surface area contributed by atoms with Crippen molar-refractivity contribution in [2.75, 3.05) is 18.2 Å². The van der Waals surface area contributed by atoms with E-state index in [0.717, 1.165) is 21.9 Å². The summed E-state index contributed by atoms with van der Waals surface area (Å²) >= 11 is 2.64. The number of hydrogen-bond donors (Lipinski definition) is 1. The van der Waals surface area contributed by atoms with Crippen molar-refractivity contribution in [3.8, 4) is 0 Å². The maximum atomic E-state index is 12.1. The van der Waals surface area contributed by atoms with Gasteiger partial charge in [-0.05, 0) is 25.3 Å². The van der Waals surface area contributed by atoms with Gasteiger partial charge in [-0.25, -0.2) is 9.78 Å². The van der Waals surface area contributed by atoms with Crippen LogP contribution in [0.4, 0.5) is 5.69 Å². The third kappa shape index (κ3) is 3.83. The van der Waals surface area contributed by atoms with Gasteiger partial charge in [0.05, 0.1) is 12.3 Å². The van der Waals surface area contributed by atoms with Crippen LogP contribution in [-0.2, 0) is 4.74 Å². The van der Waals surface area contributed by atoms with Gasteiger partial charge in [-0.3, -0.25) is 4.79 Å². The second-order valence-corrected chi connectivity index (χ2v) is 5.62. The molecule has 0 saturated carbocycles. The van der Waals surface area contributed by atoms with Crippen LogP contribution < -0.4 is 5.32 Å². The number of carbonyl (C=O) groups is 2. The Morgan fingerprint density at radius 3 is 2.86 bits per heavy atom. The van der Waals surface area contributed by atoms with Crippen molar-refractivity contribution < 1.29 is 14.3 Å². The Kier molecular flexibility index (Phi) is 5.35. The van der Waals surface area contributed by atoms with E-state index in [4.69, 9.17) is 4.74 Å². The Bertz CT molecular complexity index is 655. The van der Waals surface area contributed by atoms with Crippen molar-refractivity contribution in [1.29, 1.82) is 0 Å². The Morgan fingerprint density at radius 2 is 2.14 bits per heavy atom. The summed E-state index contributed by atoms with van der Waals surface area (Å²) in [7, 11) is 0. The lowest BCUT2D eigenvalue weighted by Gasteiger charge is -2.07. The predicted octanol–water partition coefficient (Wildman–Crippen LogP) is 3.29. The number of carbonyl (C=O) groups excluding carboxylic acids is 2. The molecule has 0 saturated heterocycles. The molecule has 0 atom stereocenters. The van der Waals surface area contributed by atoms with E-state index in [-0.39, 0.29) is 23.2 Å². The third-order valence-electron chi connectivity index (χ3n) is 2.54. The molecule has 1 amide bonds. The number of esters is 1. The topological polar surface area (TPSA) is 68.3 Å². The van der Waals surface area contributed by atoms with Crippen LogP contribution in [0.2, 0.25) is 0 Å². The summed E-state index contributed by atoms with van der Waals surface area (Å²) in [4.78, 5) is 28.6. The second kappa shape index (κ2) is 7.24. The van der Waals surface area contributed by atoms with Gasteiger partial charge in [-0.1, -0.05) is 12.1 Å². The molecule has 0 fully saturated rings. The fraction of sp³-hybridized carbons (Fsp3) is 0.214. The number of thiazole rings is 1. The zero-order valence-electron chi connectivity index (χ0n) is 11.6. The molecule has 0 aliphatic carbocycles. The largest absolute Gasteiger partial charge is 0.461 e. The molecular formula is C14H14N2O3S2. The quantitative estimate of drug-likeness (QED) is 0.676. The van der Waals surface area contributed by atoms with Crippen molar-refractivity contribution in [3.05, 3.63) is 40.3 Å². The van der Waals surface area contributed by atoms with Crippen LogP contribution in [0.3, 0.4) is 0 Å². The first-order chi connectivity index (χ1) is 10.2. The van der Waals surface area contributed by atoms with E-state index in [1.54, 1.807) is 24.1 Å². The van der Waals surface area contributed by atoms with Gasteiger partial charge in [0.15, 0.2) is 0 Å². The van der Waals surface area contributed by atoms with Gasteiger partial charge in [-0.2, -0.15) is 0 Å². The summed E-state index contributed by atoms with van der Waals surface area (Å²) in [5, 5.41) is 4.52. The van der Waals surface area contributed by atoms with Gasteiger partial charge in [0.2, 0.25) is 5.01 Å². The minimum absolute atomic E-state index is 0.181. The highest BCUT2D eigenvalue weighted by Crippen LogP contribution is 2.25. The maximum Gasteiger partial charge on any atom is 0.367 e. The van der Waals surface area contributed by atoms with Gasteiger partial charge >= 0.3 is 5.97 Å². The van der Waals surface area contributed by atoms with E-state index in [2.05, 4.69) is 10.3 Å². The normalized spacial score (nSPS) is 10.2. The van der Waals surface area contributed by atoms with Gasteiger partial charge in [0.1, 0.15) is 5.69 Å². The molecule has 1 N–H and O–H groups in total. The van der Waals surface area contributed by atoms with Crippen LogP contribution in [0.5, 0.6) is 0 Å². The molecule has 1 aromatic heterocycles. The van der Waals surface area contributed by atoms with E-state index >= 15 is 0 Å². The molecule has 21 heavy (non-hydrogen) atoms. The SMILES string of the molecule is CCOC(=O)c1nc(C(=O)Nc2ccccc2SC)cs1. The van der Waals surface area contributed by atoms with Crippen molar-refractivity contribution >= 4 is 40.7 Å². The molecule has 2 aromatic rings. The summed E-state index contributed by atoms with van der Waals surface area (Å²) in [6, 6.07) is 7.50. The number of aromatic nitrogens is 1.